The molecule has 1 N–H and O–H groups in total. The van der Waals surface area contributed by atoms with E-state index in [1.54, 1.807) is 36.4 Å². The maximum absolute atomic E-state index is 12.8. The molecule has 3 aromatic rings. The van der Waals surface area contributed by atoms with Crippen LogP contribution in [-0.4, -0.2) is 42.0 Å². The molecule has 1 saturated heterocycles. The van der Waals surface area contributed by atoms with Crippen LogP contribution in [-0.2, 0) is 20.9 Å². The molecule has 0 saturated carbocycles. The van der Waals surface area contributed by atoms with Crippen molar-refractivity contribution >= 4 is 17.4 Å². The van der Waals surface area contributed by atoms with E-state index in [1.165, 1.54) is 18.3 Å². The van der Waals surface area contributed by atoms with E-state index in [0.29, 0.717) is 23.7 Å². The van der Waals surface area contributed by atoms with Crippen LogP contribution in [0.15, 0.2) is 76.9 Å². The minimum Gasteiger partial charge on any atom is -0.507 e. The standard InChI is InChI=1S/C26H25NO6/c1-17-6-3-4-7-19(17)16-33-20-11-9-18(10-12-20)24(28)22-23(21-8-5-14-32-21)27(13-15-31-2)26(30)25(22)29/h3-12,14,23,28H,13,15-16H2,1-2H3. The normalized spacial score (nSPS) is 17.5. The molecule has 1 unspecified atom stereocenters. The molecule has 1 atom stereocenters. The number of benzene rings is 2. The molecule has 0 radical (unpaired) electrons. The van der Waals surface area contributed by atoms with Gasteiger partial charge in [0.15, 0.2) is 0 Å². The summed E-state index contributed by atoms with van der Waals surface area (Å²) in [6.45, 7) is 2.88. The molecule has 170 valence electrons. The fourth-order valence-corrected chi connectivity index (χ4v) is 3.84. The molecular formula is C26H25NO6. The van der Waals surface area contributed by atoms with E-state index in [9.17, 15) is 14.7 Å². The van der Waals surface area contributed by atoms with Crippen LogP contribution in [0, 0.1) is 6.92 Å². The van der Waals surface area contributed by atoms with Gasteiger partial charge in [0, 0.05) is 19.2 Å². The first kappa shape index (κ1) is 22.4. The highest BCUT2D eigenvalue weighted by Crippen LogP contribution is 2.39. The number of ether oxygens (including phenoxy) is 2. The number of carbonyl (C=O) groups is 2. The average Bonchev–Trinajstić information content (AvgIpc) is 3.44. The van der Waals surface area contributed by atoms with Crippen LogP contribution in [0.3, 0.4) is 0 Å². The van der Waals surface area contributed by atoms with Crippen LogP contribution >= 0.6 is 0 Å². The molecule has 1 amide bonds. The number of Topliss-reactive ketones (excluding diaryl/α,β-unsaturated/α-hetero) is 1. The van der Waals surface area contributed by atoms with Crippen LogP contribution in [0.2, 0.25) is 0 Å². The highest BCUT2D eigenvalue weighted by molar-refractivity contribution is 6.46. The third-order valence-electron chi connectivity index (χ3n) is 5.67. The Hall–Kier alpha value is -3.84. The lowest BCUT2D eigenvalue weighted by atomic mass is 9.99. The molecule has 1 aliphatic heterocycles. The Morgan fingerprint density at radius 1 is 1.06 bits per heavy atom. The summed E-state index contributed by atoms with van der Waals surface area (Å²) in [5.74, 6) is -0.707. The minimum absolute atomic E-state index is 0.0142. The van der Waals surface area contributed by atoms with Gasteiger partial charge in [-0.25, -0.2) is 0 Å². The third-order valence-corrected chi connectivity index (χ3v) is 5.67. The number of aliphatic hydroxyl groups excluding tert-OH is 1. The van der Waals surface area contributed by atoms with Crippen molar-refractivity contribution in [1.82, 2.24) is 4.90 Å². The fourth-order valence-electron chi connectivity index (χ4n) is 3.84. The summed E-state index contributed by atoms with van der Waals surface area (Å²) in [6.07, 6.45) is 1.46. The monoisotopic (exact) mass is 447 g/mol. The number of hydrogen-bond donors (Lipinski definition) is 1. The Bertz CT molecular complexity index is 1160. The Morgan fingerprint density at radius 2 is 1.82 bits per heavy atom. The first-order chi connectivity index (χ1) is 16.0. The zero-order chi connectivity index (χ0) is 23.4. The zero-order valence-corrected chi connectivity index (χ0v) is 18.5. The van der Waals surface area contributed by atoms with E-state index in [-0.39, 0.29) is 24.5 Å². The molecule has 4 rings (SSSR count). The second-order valence-electron chi connectivity index (χ2n) is 7.74. The molecule has 1 aliphatic rings. The first-order valence-electron chi connectivity index (χ1n) is 10.6. The summed E-state index contributed by atoms with van der Waals surface area (Å²) < 4.78 is 16.4. The number of aliphatic hydroxyl groups is 1. The molecule has 7 heteroatoms. The van der Waals surface area contributed by atoms with Crippen LogP contribution in [0.5, 0.6) is 5.75 Å². The van der Waals surface area contributed by atoms with Crippen molar-refractivity contribution in [1.29, 1.82) is 0 Å². The number of likely N-dealkylation sites (tertiary alicyclic amines) is 1. The molecule has 2 heterocycles. The first-order valence-corrected chi connectivity index (χ1v) is 10.6. The lowest BCUT2D eigenvalue weighted by Gasteiger charge is -2.22. The van der Waals surface area contributed by atoms with E-state index in [1.807, 2.05) is 31.2 Å². The Balaban J connectivity index is 1.61. The molecule has 0 aliphatic carbocycles. The smallest absolute Gasteiger partial charge is 0.295 e. The summed E-state index contributed by atoms with van der Waals surface area (Å²) >= 11 is 0. The number of ketones is 1. The number of nitrogens with zero attached hydrogens (tertiary/aromatic N) is 1. The molecule has 0 bridgehead atoms. The summed E-state index contributed by atoms with van der Waals surface area (Å²) in [4.78, 5) is 26.9. The van der Waals surface area contributed by atoms with Gasteiger partial charge in [-0.2, -0.15) is 0 Å². The van der Waals surface area contributed by atoms with Crippen LogP contribution in [0.4, 0.5) is 0 Å². The number of hydrogen-bond acceptors (Lipinski definition) is 6. The van der Waals surface area contributed by atoms with Crippen LogP contribution < -0.4 is 4.74 Å². The van der Waals surface area contributed by atoms with Gasteiger partial charge in [0.1, 0.15) is 29.9 Å². The minimum atomic E-state index is -0.827. The van der Waals surface area contributed by atoms with Crippen molar-refractivity contribution in [2.45, 2.75) is 19.6 Å². The number of rotatable bonds is 8. The molecule has 1 fully saturated rings. The van der Waals surface area contributed by atoms with Crippen molar-refractivity contribution in [3.63, 3.8) is 0 Å². The van der Waals surface area contributed by atoms with Gasteiger partial charge in [0.05, 0.1) is 18.4 Å². The summed E-state index contributed by atoms with van der Waals surface area (Å²) in [6, 6.07) is 17.2. The molecule has 1 aromatic heterocycles. The van der Waals surface area contributed by atoms with Gasteiger partial charge >= 0.3 is 0 Å². The van der Waals surface area contributed by atoms with Gasteiger partial charge in [-0.3, -0.25) is 9.59 Å². The number of furan rings is 1. The SMILES string of the molecule is COCCN1C(=O)C(=O)C(=C(O)c2ccc(OCc3ccccc3C)cc2)C1c1ccco1. The van der Waals surface area contributed by atoms with Crippen LogP contribution in [0.1, 0.15) is 28.5 Å². The van der Waals surface area contributed by atoms with Crippen molar-refractivity contribution in [2.75, 3.05) is 20.3 Å². The van der Waals surface area contributed by atoms with Crippen molar-refractivity contribution in [2.24, 2.45) is 0 Å². The molecule has 7 nitrogen and oxygen atoms in total. The average molecular weight is 447 g/mol. The lowest BCUT2D eigenvalue weighted by molar-refractivity contribution is -0.140. The number of carbonyl (C=O) groups excluding carboxylic acids is 2. The second-order valence-corrected chi connectivity index (χ2v) is 7.74. The molecule has 33 heavy (non-hydrogen) atoms. The van der Waals surface area contributed by atoms with Crippen molar-refractivity contribution in [3.8, 4) is 5.75 Å². The van der Waals surface area contributed by atoms with E-state index in [2.05, 4.69) is 0 Å². The topological polar surface area (TPSA) is 89.2 Å². The fraction of sp³-hybridized carbons (Fsp3) is 0.231. The van der Waals surface area contributed by atoms with Crippen LogP contribution in [0.25, 0.3) is 5.76 Å². The third kappa shape index (κ3) is 4.54. The predicted molar refractivity (Wildman–Crippen MR) is 122 cm³/mol. The maximum Gasteiger partial charge on any atom is 0.295 e. The summed E-state index contributed by atoms with van der Waals surface area (Å²) in [7, 11) is 1.52. The summed E-state index contributed by atoms with van der Waals surface area (Å²) in [5.41, 5.74) is 2.61. The van der Waals surface area contributed by atoms with Crippen molar-refractivity contribution in [3.05, 3.63) is 95.0 Å². The van der Waals surface area contributed by atoms with Gasteiger partial charge in [-0.15, -0.1) is 0 Å². The van der Waals surface area contributed by atoms with E-state index in [0.717, 1.165) is 11.1 Å². The van der Waals surface area contributed by atoms with Gasteiger partial charge in [-0.1, -0.05) is 24.3 Å². The van der Waals surface area contributed by atoms with E-state index < -0.39 is 17.7 Å². The van der Waals surface area contributed by atoms with Gasteiger partial charge < -0.3 is 23.9 Å². The number of aryl methyl sites for hydroxylation is 1. The highest BCUT2D eigenvalue weighted by atomic mass is 16.5. The summed E-state index contributed by atoms with van der Waals surface area (Å²) in [5, 5.41) is 11.0. The van der Waals surface area contributed by atoms with Crippen molar-refractivity contribution < 1.29 is 28.6 Å². The largest absolute Gasteiger partial charge is 0.507 e. The number of methoxy groups -OCH3 is 1. The van der Waals surface area contributed by atoms with E-state index >= 15 is 0 Å². The Morgan fingerprint density at radius 3 is 2.48 bits per heavy atom. The second kappa shape index (κ2) is 9.75. The predicted octanol–water partition coefficient (Wildman–Crippen LogP) is 4.24. The molecule has 0 spiro atoms. The molecular weight excluding hydrogens is 422 g/mol. The molecule has 2 aromatic carbocycles. The lowest BCUT2D eigenvalue weighted by Crippen LogP contribution is -2.32. The van der Waals surface area contributed by atoms with E-state index in [4.69, 9.17) is 13.9 Å². The van der Waals surface area contributed by atoms with Gasteiger partial charge in [-0.05, 0) is 54.4 Å². The zero-order valence-electron chi connectivity index (χ0n) is 18.5. The van der Waals surface area contributed by atoms with Gasteiger partial charge in [0.25, 0.3) is 11.7 Å². The quantitative estimate of drug-likeness (QED) is 0.316. The number of amides is 1. The maximum atomic E-state index is 12.8. The van der Waals surface area contributed by atoms with Gasteiger partial charge in [0.2, 0.25) is 0 Å². The highest BCUT2D eigenvalue weighted by Gasteiger charge is 2.47. The Labute approximate surface area is 191 Å². The Kier molecular flexibility index (Phi) is 6.60.